The van der Waals surface area contributed by atoms with E-state index in [9.17, 15) is 0 Å². The van der Waals surface area contributed by atoms with Crippen LogP contribution >= 0.6 is 22.9 Å². The lowest BCUT2D eigenvalue weighted by atomic mass is 10.4. The summed E-state index contributed by atoms with van der Waals surface area (Å²) in [6.07, 6.45) is 1.62. The molecule has 0 saturated carbocycles. The molecule has 0 spiro atoms. The second-order valence-corrected chi connectivity index (χ2v) is 5.40. The second-order valence-electron chi connectivity index (χ2n) is 3.90. The molecule has 4 nitrogen and oxygen atoms in total. The minimum Gasteiger partial charge on any atom is -0.308 e. The van der Waals surface area contributed by atoms with Crippen molar-refractivity contribution in [3.05, 3.63) is 28.4 Å². The van der Waals surface area contributed by atoms with Gasteiger partial charge >= 0.3 is 0 Å². The highest BCUT2D eigenvalue weighted by Crippen LogP contribution is 2.22. The Hall–Kier alpha value is -1.04. The van der Waals surface area contributed by atoms with Crippen LogP contribution in [0.4, 0.5) is 0 Å². The summed E-state index contributed by atoms with van der Waals surface area (Å²) in [5, 5.41) is 13.9. The molecule has 17 heavy (non-hydrogen) atoms. The second kappa shape index (κ2) is 5.53. The van der Waals surface area contributed by atoms with E-state index in [2.05, 4.69) is 34.3 Å². The van der Waals surface area contributed by atoms with Gasteiger partial charge in [0.05, 0.1) is 5.02 Å². The number of nitrogens with one attached hydrogen (secondary N) is 1. The Morgan fingerprint density at radius 1 is 1.35 bits per heavy atom. The van der Waals surface area contributed by atoms with Crippen LogP contribution in [0.2, 0.25) is 5.02 Å². The third kappa shape index (κ3) is 3.46. The van der Waals surface area contributed by atoms with Crippen molar-refractivity contribution in [3.63, 3.8) is 0 Å². The largest absolute Gasteiger partial charge is 0.308 e. The van der Waals surface area contributed by atoms with Crippen molar-refractivity contribution in [3.8, 4) is 10.7 Å². The van der Waals surface area contributed by atoms with Gasteiger partial charge in [-0.25, -0.2) is 0 Å². The van der Waals surface area contributed by atoms with Gasteiger partial charge in [-0.3, -0.25) is 4.98 Å². The van der Waals surface area contributed by atoms with E-state index in [0.717, 1.165) is 22.3 Å². The fraction of sp³-hybridized carbons (Fsp3) is 0.364. The highest BCUT2D eigenvalue weighted by atomic mass is 35.5. The third-order valence-electron chi connectivity index (χ3n) is 2.07. The molecule has 0 atom stereocenters. The molecule has 6 heteroatoms. The Morgan fingerprint density at radius 2 is 2.18 bits per heavy atom. The van der Waals surface area contributed by atoms with Gasteiger partial charge in [-0.05, 0) is 12.1 Å². The molecule has 0 unspecified atom stereocenters. The van der Waals surface area contributed by atoms with E-state index in [1.165, 1.54) is 0 Å². The van der Waals surface area contributed by atoms with Gasteiger partial charge in [0.15, 0.2) is 5.01 Å². The van der Waals surface area contributed by atoms with Crippen molar-refractivity contribution in [2.24, 2.45) is 0 Å². The van der Waals surface area contributed by atoms with E-state index >= 15 is 0 Å². The zero-order valence-electron chi connectivity index (χ0n) is 9.64. The average molecular weight is 269 g/mol. The molecule has 0 saturated heterocycles. The van der Waals surface area contributed by atoms with Crippen molar-refractivity contribution >= 4 is 22.9 Å². The molecule has 90 valence electrons. The van der Waals surface area contributed by atoms with Crippen LogP contribution in [0.3, 0.4) is 0 Å². The molecular formula is C11H13ClN4S. The Kier molecular flexibility index (Phi) is 4.04. The van der Waals surface area contributed by atoms with Gasteiger partial charge in [-0.2, -0.15) is 0 Å². The highest BCUT2D eigenvalue weighted by molar-refractivity contribution is 7.14. The summed E-state index contributed by atoms with van der Waals surface area (Å²) in [4.78, 5) is 4.21. The average Bonchev–Trinajstić information content (AvgIpc) is 2.76. The zero-order valence-corrected chi connectivity index (χ0v) is 11.2. The van der Waals surface area contributed by atoms with Crippen LogP contribution < -0.4 is 5.32 Å². The lowest BCUT2D eigenvalue weighted by Gasteiger charge is -2.03. The predicted octanol–water partition coefficient (Wildman–Crippen LogP) is 2.75. The van der Waals surface area contributed by atoms with Crippen LogP contribution in [0.25, 0.3) is 10.7 Å². The summed E-state index contributed by atoms with van der Waals surface area (Å²) in [7, 11) is 0. The topological polar surface area (TPSA) is 50.7 Å². The molecule has 0 fully saturated rings. The van der Waals surface area contributed by atoms with Crippen LogP contribution in [0.15, 0.2) is 18.3 Å². The molecule has 0 aromatic carbocycles. The number of aromatic nitrogens is 3. The number of halogens is 1. The molecular weight excluding hydrogens is 256 g/mol. The lowest BCUT2D eigenvalue weighted by Crippen LogP contribution is -2.21. The van der Waals surface area contributed by atoms with Crippen LogP contribution in [0, 0.1) is 0 Å². The van der Waals surface area contributed by atoms with Gasteiger partial charge in [0.25, 0.3) is 0 Å². The number of pyridine rings is 1. The number of nitrogens with zero attached hydrogens (tertiary/aromatic N) is 3. The Labute approximate surface area is 109 Å². The quantitative estimate of drug-likeness (QED) is 0.926. The van der Waals surface area contributed by atoms with Crippen LogP contribution in [-0.4, -0.2) is 21.2 Å². The van der Waals surface area contributed by atoms with Crippen LogP contribution in [-0.2, 0) is 6.54 Å². The minimum absolute atomic E-state index is 0.441. The van der Waals surface area contributed by atoms with E-state index in [1.807, 2.05) is 6.07 Å². The maximum absolute atomic E-state index is 5.78. The smallest absolute Gasteiger partial charge is 0.166 e. The highest BCUT2D eigenvalue weighted by Gasteiger charge is 2.07. The summed E-state index contributed by atoms with van der Waals surface area (Å²) in [6, 6.07) is 4.09. The summed E-state index contributed by atoms with van der Waals surface area (Å²) in [5.41, 5.74) is 0.808. The first-order valence-electron chi connectivity index (χ1n) is 5.33. The third-order valence-corrected chi connectivity index (χ3v) is 3.24. The number of rotatable bonds is 4. The SMILES string of the molecule is CC(C)NCc1nnc(-c2ccc(Cl)cn2)s1. The summed E-state index contributed by atoms with van der Waals surface area (Å²) in [6.45, 7) is 4.94. The van der Waals surface area contributed by atoms with E-state index in [4.69, 9.17) is 11.6 Å². The molecule has 2 heterocycles. The molecule has 2 aromatic heterocycles. The van der Waals surface area contributed by atoms with Gasteiger partial charge in [-0.15, -0.1) is 10.2 Å². The molecule has 0 aliphatic carbocycles. The van der Waals surface area contributed by atoms with E-state index < -0.39 is 0 Å². The number of hydrogen-bond donors (Lipinski definition) is 1. The molecule has 2 rings (SSSR count). The van der Waals surface area contributed by atoms with Crippen LogP contribution in [0.1, 0.15) is 18.9 Å². The van der Waals surface area contributed by atoms with Crippen LogP contribution in [0.5, 0.6) is 0 Å². The molecule has 1 N–H and O–H groups in total. The van der Waals surface area contributed by atoms with Crippen molar-refractivity contribution in [1.82, 2.24) is 20.5 Å². The van der Waals surface area contributed by atoms with Gasteiger partial charge in [0, 0.05) is 18.8 Å². The van der Waals surface area contributed by atoms with E-state index in [1.54, 1.807) is 23.6 Å². The predicted molar refractivity (Wildman–Crippen MR) is 70.1 cm³/mol. The Bertz CT molecular complexity index is 480. The first kappa shape index (κ1) is 12.4. The summed E-state index contributed by atoms with van der Waals surface area (Å²) in [5.74, 6) is 0. The standard InChI is InChI=1S/C11H13ClN4S/c1-7(2)13-6-10-15-16-11(17-10)9-4-3-8(12)5-14-9/h3-5,7,13H,6H2,1-2H3. The summed E-state index contributed by atoms with van der Waals surface area (Å²) >= 11 is 7.33. The van der Waals surface area contributed by atoms with E-state index in [0.29, 0.717) is 11.1 Å². The fourth-order valence-corrected chi connectivity index (χ4v) is 2.10. The van der Waals surface area contributed by atoms with Crippen molar-refractivity contribution in [2.75, 3.05) is 0 Å². The molecule has 0 amide bonds. The Balaban J connectivity index is 2.10. The Morgan fingerprint density at radius 3 is 2.82 bits per heavy atom. The van der Waals surface area contributed by atoms with Crippen molar-refractivity contribution in [2.45, 2.75) is 26.4 Å². The number of hydrogen-bond acceptors (Lipinski definition) is 5. The maximum Gasteiger partial charge on any atom is 0.166 e. The first-order valence-corrected chi connectivity index (χ1v) is 6.52. The van der Waals surface area contributed by atoms with Crippen molar-refractivity contribution < 1.29 is 0 Å². The molecule has 0 aliphatic heterocycles. The van der Waals surface area contributed by atoms with Gasteiger partial charge in [-0.1, -0.05) is 36.8 Å². The van der Waals surface area contributed by atoms with Gasteiger partial charge < -0.3 is 5.32 Å². The molecule has 0 aliphatic rings. The first-order chi connectivity index (χ1) is 8.15. The molecule has 0 bridgehead atoms. The lowest BCUT2D eigenvalue weighted by molar-refractivity contribution is 0.585. The molecule has 0 radical (unpaired) electrons. The summed E-state index contributed by atoms with van der Waals surface area (Å²) < 4.78 is 0. The fourth-order valence-electron chi connectivity index (χ4n) is 1.22. The normalized spacial score (nSPS) is 11.1. The molecule has 2 aromatic rings. The monoisotopic (exact) mass is 268 g/mol. The van der Waals surface area contributed by atoms with Gasteiger partial charge in [0.1, 0.15) is 10.7 Å². The zero-order chi connectivity index (χ0) is 12.3. The minimum atomic E-state index is 0.441. The van der Waals surface area contributed by atoms with E-state index in [-0.39, 0.29) is 0 Å². The van der Waals surface area contributed by atoms with Crippen molar-refractivity contribution in [1.29, 1.82) is 0 Å². The van der Waals surface area contributed by atoms with Gasteiger partial charge in [0.2, 0.25) is 0 Å². The maximum atomic E-state index is 5.78.